The molecule has 1 N–H and O–H groups in total. The summed E-state index contributed by atoms with van der Waals surface area (Å²) in [7, 11) is 0. The Labute approximate surface area is 120 Å². The minimum absolute atomic E-state index is 0.172. The number of hydrogen-bond donors (Lipinski definition) is 1. The van der Waals surface area contributed by atoms with Crippen LogP contribution in [0.15, 0.2) is 22.7 Å². The minimum Gasteiger partial charge on any atom is -0.477 e. The number of halogens is 3. The smallest absolute Gasteiger partial charge is 0.417 e. The molecule has 1 aromatic carbocycles. The lowest BCUT2D eigenvalue weighted by Crippen LogP contribution is -2.09. The molecule has 0 spiro atoms. The molecule has 0 bridgehead atoms. The van der Waals surface area contributed by atoms with Crippen LogP contribution >= 0.6 is 0 Å². The summed E-state index contributed by atoms with van der Waals surface area (Å²) in [4.78, 5) is 20.8. The van der Waals surface area contributed by atoms with Gasteiger partial charge in [-0.2, -0.15) is 13.2 Å². The molecule has 0 saturated carbocycles. The summed E-state index contributed by atoms with van der Waals surface area (Å²) >= 11 is 0. The van der Waals surface area contributed by atoms with E-state index in [0.29, 0.717) is 6.07 Å². The van der Waals surface area contributed by atoms with Crippen molar-refractivity contribution in [3.05, 3.63) is 45.2 Å². The van der Waals surface area contributed by atoms with Crippen molar-refractivity contribution in [2.24, 2.45) is 0 Å². The van der Waals surface area contributed by atoms with Crippen molar-refractivity contribution < 1.29 is 32.5 Å². The van der Waals surface area contributed by atoms with Crippen molar-refractivity contribution >= 4 is 11.7 Å². The monoisotopic (exact) mass is 316 g/mol. The second kappa shape index (κ2) is 5.13. The van der Waals surface area contributed by atoms with Gasteiger partial charge in [-0.15, -0.1) is 0 Å². The number of alkyl halides is 3. The average Bonchev–Trinajstić information content (AvgIpc) is 2.78. The van der Waals surface area contributed by atoms with E-state index in [2.05, 4.69) is 9.68 Å². The second-order valence-electron chi connectivity index (χ2n) is 4.25. The molecular weight excluding hydrogens is 309 g/mol. The molecule has 22 heavy (non-hydrogen) atoms. The van der Waals surface area contributed by atoms with Crippen molar-refractivity contribution in [1.29, 1.82) is 0 Å². The Morgan fingerprint density at radius 3 is 2.55 bits per heavy atom. The van der Waals surface area contributed by atoms with Gasteiger partial charge < -0.3 is 9.63 Å². The molecule has 116 valence electrons. The van der Waals surface area contributed by atoms with Gasteiger partial charge in [-0.25, -0.2) is 4.79 Å². The van der Waals surface area contributed by atoms with Crippen molar-refractivity contribution in [1.82, 2.24) is 5.16 Å². The van der Waals surface area contributed by atoms with E-state index in [-0.39, 0.29) is 5.76 Å². The van der Waals surface area contributed by atoms with Gasteiger partial charge >= 0.3 is 12.1 Å². The SMILES string of the molecule is Cc1onc(-c2ccc([N+](=O)[O-])cc2C(F)(F)F)c1C(=O)O. The van der Waals surface area contributed by atoms with Crippen LogP contribution in [0.25, 0.3) is 11.3 Å². The van der Waals surface area contributed by atoms with E-state index in [1.165, 1.54) is 6.92 Å². The van der Waals surface area contributed by atoms with Gasteiger partial charge in [0.05, 0.1) is 10.5 Å². The maximum absolute atomic E-state index is 13.1. The van der Waals surface area contributed by atoms with Gasteiger partial charge in [0.1, 0.15) is 17.0 Å². The molecule has 2 aromatic rings. The van der Waals surface area contributed by atoms with Crippen LogP contribution in [0, 0.1) is 17.0 Å². The number of rotatable bonds is 3. The summed E-state index contributed by atoms with van der Waals surface area (Å²) < 4.78 is 43.9. The highest BCUT2D eigenvalue weighted by Gasteiger charge is 2.37. The molecule has 0 amide bonds. The van der Waals surface area contributed by atoms with Crippen LogP contribution in [0.5, 0.6) is 0 Å². The summed E-state index contributed by atoms with van der Waals surface area (Å²) in [6.45, 7) is 1.23. The summed E-state index contributed by atoms with van der Waals surface area (Å²) in [5.74, 6) is -1.69. The van der Waals surface area contributed by atoms with Gasteiger partial charge in [0.2, 0.25) is 0 Å². The molecule has 0 atom stereocenters. The molecule has 7 nitrogen and oxygen atoms in total. The number of nitro benzene ring substituents is 1. The molecule has 2 rings (SSSR count). The molecule has 0 radical (unpaired) electrons. The van der Waals surface area contributed by atoms with Gasteiger partial charge in [0.25, 0.3) is 5.69 Å². The fourth-order valence-electron chi connectivity index (χ4n) is 1.89. The number of aromatic carboxylic acids is 1. The normalized spacial score (nSPS) is 11.5. The van der Waals surface area contributed by atoms with Crippen molar-refractivity contribution in [2.75, 3.05) is 0 Å². The first-order chi connectivity index (χ1) is 10.1. The highest BCUT2D eigenvalue weighted by molar-refractivity contribution is 5.96. The zero-order chi connectivity index (χ0) is 16.7. The minimum atomic E-state index is -4.93. The standard InChI is InChI=1S/C12H7F3N2O5/c1-5-9(11(18)19)10(16-22-5)7-3-2-6(17(20)21)4-8(7)12(13,14)15/h2-4H,1H3,(H,18,19). The maximum atomic E-state index is 13.1. The quantitative estimate of drug-likeness (QED) is 0.688. The van der Waals surface area contributed by atoms with Crippen LogP contribution in [0.1, 0.15) is 21.7 Å². The van der Waals surface area contributed by atoms with Crippen molar-refractivity contribution in [3.8, 4) is 11.3 Å². The molecule has 10 heteroatoms. The second-order valence-corrected chi connectivity index (χ2v) is 4.25. The van der Waals surface area contributed by atoms with E-state index < -0.39 is 45.1 Å². The van der Waals surface area contributed by atoms with E-state index in [1.807, 2.05) is 0 Å². The number of benzene rings is 1. The maximum Gasteiger partial charge on any atom is 0.417 e. The number of nitrogens with zero attached hydrogens (tertiary/aromatic N) is 2. The predicted molar refractivity (Wildman–Crippen MR) is 65.3 cm³/mol. The molecule has 1 aromatic heterocycles. The Balaban J connectivity index is 2.76. The van der Waals surface area contributed by atoms with E-state index >= 15 is 0 Å². The number of non-ortho nitro benzene ring substituents is 1. The molecule has 0 fully saturated rings. The Morgan fingerprint density at radius 1 is 1.41 bits per heavy atom. The first-order valence-corrected chi connectivity index (χ1v) is 5.68. The number of carboxylic acids is 1. The molecule has 0 aliphatic rings. The number of hydrogen-bond acceptors (Lipinski definition) is 5. The Morgan fingerprint density at radius 2 is 2.05 bits per heavy atom. The lowest BCUT2D eigenvalue weighted by molar-refractivity contribution is -0.385. The van der Waals surface area contributed by atoms with Gasteiger partial charge in [-0.1, -0.05) is 5.16 Å². The number of aromatic nitrogens is 1. The summed E-state index contributed by atoms with van der Waals surface area (Å²) in [6.07, 6.45) is -4.93. The first-order valence-electron chi connectivity index (χ1n) is 5.68. The molecule has 0 aliphatic heterocycles. The van der Waals surface area contributed by atoms with Crippen LogP contribution < -0.4 is 0 Å². The molecule has 0 unspecified atom stereocenters. The molecular formula is C12H7F3N2O5. The van der Waals surface area contributed by atoms with Crippen LogP contribution in [-0.2, 0) is 6.18 Å². The zero-order valence-corrected chi connectivity index (χ0v) is 10.8. The van der Waals surface area contributed by atoms with Gasteiger partial charge in [-0.3, -0.25) is 10.1 Å². The van der Waals surface area contributed by atoms with Crippen molar-refractivity contribution in [2.45, 2.75) is 13.1 Å². The summed E-state index contributed by atoms with van der Waals surface area (Å²) in [5.41, 5.74) is -3.80. The Kier molecular flexibility index (Phi) is 3.61. The van der Waals surface area contributed by atoms with Gasteiger partial charge in [0.15, 0.2) is 0 Å². The third-order valence-corrected chi connectivity index (χ3v) is 2.85. The van der Waals surface area contributed by atoms with E-state index in [0.717, 1.165) is 12.1 Å². The van der Waals surface area contributed by atoms with E-state index in [9.17, 15) is 28.1 Å². The van der Waals surface area contributed by atoms with Crippen LogP contribution in [0.4, 0.5) is 18.9 Å². The fourth-order valence-corrected chi connectivity index (χ4v) is 1.89. The number of nitro groups is 1. The summed E-state index contributed by atoms with van der Waals surface area (Å²) in [5, 5.41) is 23.0. The third-order valence-electron chi connectivity index (χ3n) is 2.85. The Hall–Kier alpha value is -2.91. The number of carboxylic acid groups (broad SMARTS) is 1. The Bertz CT molecular complexity index is 767. The molecule has 1 heterocycles. The highest BCUT2D eigenvalue weighted by Crippen LogP contribution is 2.40. The van der Waals surface area contributed by atoms with Crippen LogP contribution in [0.2, 0.25) is 0 Å². The zero-order valence-electron chi connectivity index (χ0n) is 10.8. The highest BCUT2D eigenvalue weighted by atomic mass is 19.4. The first kappa shape index (κ1) is 15.5. The summed E-state index contributed by atoms with van der Waals surface area (Å²) in [6, 6.07) is 1.95. The van der Waals surface area contributed by atoms with E-state index in [1.54, 1.807) is 0 Å². The largest absolute Gasteiger partial charge is 0.477 e. The topological polar surface area (TPSA) is 106 Å². The molecule has 0 aliphatic carbocycles. The van der Waals surface area contributed by atoms with Gasteiger partial charge in [0, 0.05) is 17.7 Å². The van der Waals surface area contributed by atoms with Gasteiger partial charge in [-0.05, 0) is 13.0 Å². The third kappa shape index (κ3) is 2.62. The average molecular weight is 316 g/mol. The number of carbonyl (C=O) groups is 1. The fraction of sp³-hybridized carbons (Fsp3) is 0.167. The van der Waals surface area contributed by atoms with E-state index in [4.69, 9.17) is 5.11 Å². The predicted octanol–water partition coefficient (Wildman–Crippen LogP) is 3.28. The lowest BCUT2D eigenvalue weighted by atomic mass is 9.99. The van der Waals surface area contributed by atoms with Crippen LogP contribution in [-0.4, -0.2) is 21.2 Å². The lowest BCUT2D eigenvalue weighted by Gasteiger charge is -2.11. The number of aryl methyl sites for hydroxylation is 1. The molecule has 0 saturated heterocycles. The van der Waals surface area contributed by atoms with Crippen molar-refractivity contribution in [3.63, 3.8) is 0 Å². The van der Waals surface area contributed by atoms with Crippen LogP contribution in [0.3, 0.4) is 0 Å².